The lowest BCUT2D eigenvalue weighted by molar-refractivity contribution is 0.401. The van der Waals surface area contributed by atoms with Crippen molar-refractivity contribution in [1.82, 2.24) is 15.1 Å². The first kappa shape index (κ1) is 16.7. The van der Waals surface area contributed by atoms with E-state index >= 15 is 0 Å². The highest BCUT2D eigenvalue weighted by Gasteiger charge is 2.23. The molecule has 0 aliphatic heterocycles. The highest BCUT2D eigenvalue weighted by molar-refractivity contribution is 6.31. The monoisotopic (exact) mass is 343 g/mol. The standard InChI is InChI=1S/C19H19ClFN3/c1-19(2,17-9-8-15(21)10-18(17)20)22-11-14-12-23-24(13-14)16-6-4-3-5-7-16/h3-10,12-13,22H,11H2,1-2H3. The molecule has 0 saturated heterocycles. The Morgan fingerprint density at radius 1 is 1.17 bits per heavy atom. The molecular weight excluding hydrogens is 325 g/mol. The van der Waals surface area contributed by atoms with E-state index in [-0.39, 0.29) is 11.4 Å². The van der Waals surface area contributed by atoms with Gasteiger partial charge < -0.3 is 5.32 Å². The number of para-hydroxylation sites is 1. The number of halogens is 2. The van der Waals surface area contributed by atoms with Crippen LogP contribution in [0.3, 0.4) is 0 Å². The first-order valence-electron chi connectivity index (χ1n) is 7.75. The Morgan fingerprint density at radius 2 is 1.92 bits per heavy atom. The van der Waals surface area contributed by atoms with Gasteiger partial charge in [-0.25, -0.2) is 9.07 Å². The van der Waals surface area contributed by atoms with Crippen LogP contribution in [0.2, 0.25) is 5.02 Å². The summed E-state index contributed by atoms with van der Waals surface area (Å²) in [7, 11) is 0. The second kappa shape index (κ2) is 6.75. The molecule has 0 saturated carbocycles. The predicted octanol–water partition coefficient (Wildman–Crippen LogP) is 4.69. The molecule has 0 bridgehead atoms. The van der Waals surface area contributed by atoms with Gasteiger partial charge in [-0.3, -0.25) is 0 Å². The first-order chi connectivity index (χ1) is 11.5. The Labute approximate surface area is 146 Å². The summed E-state index contributed by atoms with van der Waals surface area (Å²) in [6.45, 7) is 4.68. The van der Waals surface area contributed by atoms with E-state index in [9.17, 15) is 4.39 Å². The fourth-order valence-corrected chi connectivity index (χ4v) is 2.99. The zero-order chi connectivity index (χ0) is 17.2. The number of nitrogens with zero attached hydrogens (tertiary/aromatic N) is 2. The van der Waals surface area contributed by atoms with E-state index in [1.165, 1.54) is 12.1 Å². The number of aromatic nitrogens is 2. The second-order valence-electron chi connectivity index (χ2n) is 6.23. The largest absolute Gasteiger partial charge is 0.304 e. The van der Waals surface area contributed by atoms with Crippen LogP contribution < -0.4 is 5.32 Å². The summed E-state index contributed by atoms with van der Waals surface area (Å²) in [4.78, 5) is 0. The van der Waals surface area contributed by atoms with Crippen molar-refractivity contribution in [3.05, 3.63) is 82.9 Å². The summed E-state index contributed by atoms with van der Waals surface area (Å²) in [5, 5.41) is 8.27. The molecule has 1 N–H and O–H groups in total. The third-order valence-electron chi connectivity index (χ3n) is 4.00. The molecule has 3 rings (SSSR count). The maximum Gasteiger partial charge on any atom is 0.124 e. The molecule has 0 atom stereocenters. The molecule has 1 heterocycles. The molecule has 0 spiro atoms. The van der Waals surface area contributed by atoms with Crippen LogP contribution in [0.1, 0.15) is 25.0 Å². The maximum atomic E-state index is 13.2. The van der Waals surface area contributed by atoms with Crippen molar-refractivity contribution in [2.75, 3.05) is 0 Å². The van der Waals surface area contributed by atoms with Crippen molar-refractivity contribution in [2.24, 2.45) is 0 Å². The van der Waals surface area contributed by atoms with Crippen molar-refractivity contribution in [2.45, 2.75) is 25.9 Å². The minimum Gasteiger partial charge on any atom is -0.304 e. The van der Waals surface area contributed by atoms with Gasteiger partial charge in [-0.2, -0.15) is 5.10 Å². The van der Waals surface area contributed by atoms with Gasteiger partial charge in [-0.05, 0) is 43.7 Å². The molecule has 0 aliphatic carbocycles. The van der Waals surface area contributed by atoms with Gasteiger partial charge in [0.2, 0.25) is 0 Å². The molecule has 24 heavy (non-hydrogen) atoms. The van der Waals surface area contributed by atoms with E-state index in [4.69, 9.17) is 11.6 Å². The van der Waals surface area contributed by atoms with E-state index in [1.54, 1.807) is 6.07 Å². The van der Waals surface area contributed by atoms with Crippen LogP contribution in [0.15, 0.2) is 60.9 Å². The van der Waals surface area contributed by atoms with Gasteiger partial charge in [0.05, 0.1) is 11.9 Å². The third-order valence-corrected chi connectivity index (χ3v) is 4.31. The van der Waals surface area contributed by atoms with Gasteiger partial charge in [0, 0.05) is 28.9 Å². The van der Waals surface area contributed by atoms with Crippen LogP contribution in [0.4, 0.5) is 4.39 Å². The number of rotatable bonds is 5. The van der Waals surface area contributed by atoms with E-state index in [2.05, 4.69) is 10.4 Å². The van der Waals surface area contributed by atoms with Crippen LogP contribution in [0.5, 0.6) is 0 Å². The Morgan fingerprint density at radius 3 is 2.62 bits per heavy atom. The first-order valence-corrected chi connectivity index (χ1v) is 8.13. The third kappa shape index (κ3) is 3.66. The Balaban J connectivity index is 1.72. The lowest BCUT2D eigenvalue weighted by atomic mass is 9.94. The zero-order valence-corrected chi connectivity index (χ0v) is 14.4. The molecule has 0 amide bonds. The number of hydrogen-bond donors (Lipinski definition) is 1. The molecule has 0 fully saturated rings. The topological polar surface area (TPSA) is 29.9 Å². The average molecular weight is 344 g/mol. The molecule has 124 valence electrons. The second-order valence-corrected chi connectivity index (χ2v) is 6.64. The lowest BCUT2D eigenvalue weighted by Gasteiger charge is -2.28. The van der Waals surface area contributed by atoms with Crippen molar-refractivity contribution >= 4 is 11.6 Å². The number of nitrogens with one attached hydrogen (secondary N) is 1. The Bertz CT molecular complexity index is 828. The summed E-state index contributed by atoms with van der Waals surface area (Å²) >= 11 is 6.18. The summed E-state index contributed by atoms with van der Waals surface area (Å²) in [5.74, 6) is -0.330. The SMILES string of the molecule is CC(C)(NCc1cnn(-c2ccccc2)c1)c1ccc(F)cc1Cl. The maximum absolute atomic E-state index is 13.2. The highest BCUT2D eigenvalue weighted by atomic mass is 35.5. The van der Waals surface area contributed by atoms with Crippen molar-refractivity contribution in [3.8, 4) is 5.69 Å². The minimum absolute atomic E-state index is 0.330. The van der Waals surface area contributed by atoms with Gasteiger partial charge in [0.25, 0.3) is 0 Å². The normalized spacial score (nSPS) is 11.7. The lowest BCUT2D eigenvalue weighted by Crippen LogP contribution is -2.36. The number of hydrogen-bond acceptors (Lipinski definition) is 2. The molecule has 0 aliphatic rings. The molecule has 2 aromatic carbocycles. The van der Waals surface area contributed by atoms with Crippen LogP contribution in [0.25, 0.3) is 5.69 Å². The van der Waals surface area contributed by atoms with Crippen LogP contribution in [0, 0.1) is 5.82 Å². The fraction of sp³-hybridized carbons (Fsp3) is 0.211. The molecule has 1 aromatic heterocycles. The van der Waals surface area contributed by atoms with Crippen LogP contribution in [-0.2, 0) is 12.1 Å². The van der Waals surface area contributed by atoms with E-state index in [0.29, 0.717) is 11.6 Å². The van der Waals surface area contributed by atoms with E-state index < -0.39 is 0 Å². The van der Waals surface area contributed by atoms with Crippen molar-refractivity contribution in [3.63, 3.8) is 0 Å². The minimum atomic E-state index is -0.389. The van der Waals surface area contributed by atoms with Gasteiger partial charge in [0.15, 0.2) is 0 Å². The van der Waals surface area contributed by atoms with Crippen LogP contribution in [-0.4, -0.2) is 9.78 Å². The quantitative estimate of drug-likeness (QED) is 0.728. The number of benzene rings is 2. The van der Waals surface area contributed by atoms with Gasteiger partial charge >= 0.3 is 0 Å². The zero-order valence-electron chi connectivity index (χ0n) is 13.6. The Hall–Kier alpha value is -2.17. The molecule has 0 radical (unpaired) electrons. The van der Waals surface area contributed by atoms with E-state index in [1.807, 2.05) is 61.3 Å². The van der Waals surface area contributed by atoms with Gasteiger partial charge in [0.1, 0.15) is 5.82 Å². The smallest absolute Gasteiger partial charge is 0.124 e. The average Bonchev–Trinajstić information content (AvgIpc) is 3.02. The molecule has 3 nitrogen and oxygen atoms in total. The summed E-state index contributed by atoms with van der Waals surface area (Å²) in [5.41, 5.74) is 2.55. The van der Waals surface area contributed by atoms with Gasteiger partial charge in [-0.1, -0.05) is 35.9 Å². The van der Waals surface area contributed by atoms with E-state index in [0.717, 1.165) is 16.8 Å². The van der Waals surface area contributed by atoms with Gasteiger partial charge in [-0.15, -0.1) is 0 Å². The molecule has 0 unspecified atom stereocenters. The summed E-state index contributed by atoms with van der Waals surface area (Å²) < 4.78 is 15.1. The van der Waals surface area contributed by atoms with Crippen LogP contribution >= 0.6 is 11.6 Å². The molecule has 3 aromatic rings. The van der Waals surface area contributed by atoms with Crippen molar-refractivity contribution in [1.29, 1.82) is 0 Å². The molecule has 5 heteroatoms. The van der Waals surface area contributed by atoms with Crippen molar-refractivity contribution < 1.29 is 4.39 Å². The fourth-order valence-electron chi connectivity index (χ4n) is 2.59. The molecular formula is C19H19ClFN3. The predicted molar refractivity (Wildman–Crippen MR) is 94.8 cm³/mol. The summed E-state index contributed by atoms with van der Waals surface area (Å²) in [6.07, 6.45) is 3.83. The Kier molecular flexibility index (Phi) is 4.69. The highest BCUT2D eigenvalue weighted by Crippen LogP contribution is 2.28. The summed E-state index contributed by atoms with van der Waals surface area (Å²) in [6, 6.07) is 14.4.